The third-order valence-corrected chi connectivity index (χ3v) is 5.91. The number of rotatable bonds is 10. The van der Waals surface area contributed by atoms with Crippen LogP contribution in [0.5, 0.6) is 0 Å². The highest BCUT2D eigenvalue weighted by Crippen LogP contribution is 2.31. The Balaban J connectivity index is 2.28. The van der Waals surface area contributed by atoms with Crippen LogP contribution in [0.2, 0.25) is 0 Å². The molecule has 0 aliphatic rings. The fraction of sp³-hybridized carbons (Fsp3) is 0.300. The van der Waals surface area contributed by atoms with Crippen LogP contribution in [-0.4, -0.2) is 54.5 Å². The Hall–Kier alpha value is -2.47. The van der Waals surface area contributed by atoms with Crippen LogP contribution in [-0.2, 0) is 22.1 Å². The molecule has 0 heterocycles. The van der Waals surface area contributed by atoms with E-state index in [1.165, 1.54) is 24.3 Å². The highest BCUT2D eigenvalue weighted by atomic mass is 32.2. The molecule has 0 spiro atoms. The zero-order chi connectivity index (χ0) is 24.6. The molecular formula is C20H23B2F3N2O5S. The average Bonchev–Trinajstić information content (AvgIpc) is 2.80. The molecule has 7 nitrogen and oxygen atoms in total. The summed E-state index contributed by atoms with van der Waals surface area (Å²) >= 11 is -2.14. The van der Waals surface area contributed by atoms with Gasteiger partial charge in [0, 0.05) is 35.4 Å². The van der Waals surface area contributed by atoms with Crippen LogP contribution >= 0.6 is 0 Å². The van der Waals surface area contributed by atoms with Gasteiger partial charge in [0.2, 0.25) is 5.91 Å². The normalized spacial score (nSPS) is 12.1. The quantitative estimate of drug-likeness (QED) is 0.206. The fourth-order valence-electron chi connectivity index (χ4n) is 2.88. The molecule has 0 aliphatic heterocycles. The molecule has 0 saturated heterocycles. The molecule has 13 heteroatoms. The lowest BCUT2D eigenvalue weighted by atomic mass is 9.87. The number of hydrogen-bond donors (Lipinski definition) is 4. The smallest absolute Gasteiger partial charge is 0.416 e. The SMILES string of the molecule is CCCCNC(=O)CNC(=O)c1cc(BO)cc([S+]([O-])c2cc(BO)cc(C(F)(F)F)c2)c1. The molecule has 176 valence electrons. The summed E-state index contributed by atoms with van der Waals surface area (Å²) in [5.74, 6) is -1.06. The minimum absolute atomic E-state index is 0.0117. The number of carbonyl (C=O) groups excluding carboxylic acids is 2. The summed E-state index contributed by atoms with van der Waals surface area (Å²) in [6.45, 7) is 2.15. The Morgan fingerprint density at radius 3 is 2.18 bits per heavy atom. The molecule has 0 bridgehead atoms. The van der Waals surface area contributed by atoms with Crippen molar-refractivity contribution in [3.63, 3.8) is 0 Å². The second kappa shape index (κ2) is 12.1. The molecule has 4 N–H and O–H groups in total. The van der Waals surface area contributed by atoms with Crippen molar-refractivity contribution in [3.8, 4) is 0 Å². The van der Waals surface area contributed by atoms with Gasteiger partial charge < -0.3 is 25.2 Å². The monoisotopic (exact) mass is 482 g/mol. The molecule has 0 saturated carbocycles. The minimum Gasteiger partial charge on any atom is -0.606 e. The minimum atomic E-state index is -4.71. The van der Waals surface area contributed by atoms with E-state index in [2.05, 4.69) is 10.6 Å². The van der Waals surface area contributed by atoms with Crippen molar-refractivity contribution < 1.29 is 37.4 Å². The van der Waals surface area contributed by atoms with E-state index in [0.717, 1.165) is 18.9 Å². The number of alkyl halides is 3. The summed E-state index contributed by atoms with van der Waals surface area (Å²) in [6.07, 6.45) is -3.02. The van der Waals surface area contributed by atoms with Crippen LogP contribution in [0.1, 0.15) is 35.7 Å². The molecular weight excluding hydrogens is 459 g/mol. The summed E-state index contributed by atoms with van der Waals surface area (Å²) in [6, 6.07) is 6.51. The van der Waals surface area contributed by atoms with Crippen LogP contribution in [0.15, 0.2) is 46.2 Å². The Kier molecular flexibility index (Phi) is 9.84. The van der Waals surface area contributed by atoms with Crippen molar-refractivity contribution >= 4 is 48.9 Å². The molecule has 1 atom stereocenters. The lowest BCUT2D eigenvalue weighted by molar-refractivity contribution is -0.137. The predicted molar refractivity (Wildman–Crippen MR) is 121 cm³/mol. The lowest BCUT2D eigenvalue weighted by Gasteiger charge is -2.15. The van der Waals surface area contributed by atoms with Gasteiger partial charge in [-0.15, -0.1) is 0 Å². The number of unbranched alkanes of at least 4 members (excludes halogenated alkanes) is 1. The van der Waals surface area contributed by atoms with Crippen molar-refractivity contribution in [1.29, 1.82) is 0 Å². The maximum Gasteiger partial charge on any atom is 0.416 e. The van der Waals surface area contributed by atoms with E-state index >= 15 is 0 Å². The van der Waals surface area contributed by atoms with Gasteiger partial charge >= 0.3 is 21.1 Å². The number of benzene rings is 2. The van der Waals surface area contributed by atoms with Crippen LogP contribution in [0.25, 0.3) is 0 Å². The molecule has 2 rings (SSSR count). The van der Waals surface area contributed by atoms with E-state index in [0.29, 0.717) is 12.6 Å². The topological polar surface area (TPSA) is 122 Å². The van der Waals surface area contributed by atoms with Crippen LogP contribution < -0.4 is 21.6 Å². The van der Waals surface area contributed by atoms with Crippen molar-refractivity contribution in [2.45, 2.75) is 35.7 Å². The lowest BCUT2D eigenvalue weighted by Crippen LogP contribution is -2.37. The second-order valence-corrected chi connectivity index (χ2v) is 8.68. The first-order valence-corrected chi connectivity index (χ1v) is 11.3. The molecule has 0 aliphatic carbocycles. The zero-order valence-corrected chi connectivity index (χ0v) is 18.7. The van der Waals surface area contributed by atoms with Crippen molar-refractivity contribution in [2.75, 3.05) is 13.1 Å². The third kappa shape index (κ3) is 7.81. The number of carbonyl (C=O) groups is 2. The molecule has 2 aromatic rings. The maximum absolute atomic E-state index is 13.2. The van der Waals surface area contributed by atoms with Gasteiger partial charge in [-0.1, -0.05) is 25.5 Å². The van der Waals surface area contributed by atoms with Gasteiger partial charge in [0.15, 0.2) is 9.79 Å². The first-order chi connectivity index (χ1) is 15.6. The van der Waals surface area contributed by atoms with Gasteiger partial charge in [-0.3, -0.25) is 9.59 Å². The molecule has 0 aromatic heterocycles. The number of nitrogens with one attached hydrogen (secondary N) is 2. The first kappa shape index (κ1) is 26.8. The highest BCUT2D eigenvalue weighted by molar-refractivity contribution is 7.91. The largest absolute Gasteiger partial charge is 0.606 e. The summed E-state index contributed by atoms with van der Waals surface area (Å²) in [7, 11) is -1.19. The Morgan fingerprint density at radius 1 is 1.00 bits per heavy atom. The first-order valence-electron chi connectivity index (χ1n) is 10.1. The predicted octanol–water partition coefficient (Wildman–Crippen LogP) is -0.544. The van der Waals surface area contributed by atoms with Crippen molar-refractivity contribution in [3.05, 3.63) is 47.5 Å². The highest BCUT2D eigenvalue weighted by Gasteiger charge is 2.33. The average molecular weight is 482 g/mol. The van der Waals surface area contributed by atoms with Crippen molar-refractivity contribution in [1.82, 2.24) is 10.6 Å². The Bertz CT molecular complexity index is 995. The summed E-state index contributed by atoms with van der Waals surface area (Å²) in [5, 5.41) is 23.9. The van der Waals surface area contributed by atoms with Gasteiger partial charge in [0.05, 0.1) is 12.1 Å². The molecule has 1 unspecified atom stereocenters. The van der Waals surface area contributed by atoms with Crippen molar-refractivity contribution in [2.24, 2.45) is 0 Å². The number of hydrogen-bond acceptors (Lipinski definition) is 5. The standard InChI is InChI=1S/C20H23B2F3N2O5S/c1-2-3-4-26-18(28)11-27-19(29)12-5-14(21-30)9-16(6-12)33(32)17-8-13(20(23,24)25)7-15(10-17)22-31/h5-10,21-22,30-31H,2-4,11H2,1H3,(H,26,28)(H,27,29). The molecule has 33 heavy (non-hydrogen) atoms. The maximum atomic E-state index is 13.2. The fourth-order valence-corrected chi connectivity index (χ4v) is 4.14. The second-order valence-electron chi connectivity index (χ2n) is 7.20. The summed E-state index contributed by atoms with van der Waals surface area (Å²) in [4.78, 5) is 24.0. The van der Waals surface area contributed by atoms with Gasteiger partial charge in [-0.25, -0.2) is 0 Å². The molecule has 0 radical (unpaired) electrons. The Morgan fingerprint density at radius 2 is 1.61 bits per heavy atom. The van der Waals surface area contributed by atoms with E-state index in [1.54, 1.807) is 0 Å². The van der Waals surface area contributed by atoms with E-state index in [-0.39, 0.29) is 38.7 Å². The zero-order valence-electron chi connectivity index (χ0n) is 17.9. The molecule has 0 fully saturated rings. The summed E-state index contributed by atoms with van der Waals surface area (Å²) in [5.41, 5.74) is -0.935. The third-order valence-electron chi connectivity index (χ3n) is 4.58. The van der Waals surface area contributed by atoms with Crippen LogP contribution in [0.4, 0.5) is 13.2 Å². The van der Waals surface area contributed by atoms with Crippen LogP contribution in [0, 0.1) is 0 Å². The van der Waals surface area contributed by atoms with Gasteiger partial charge in [0.25, 0.3) is 5.91 Å². The van der Waals surface area contributed by atoms with E-state index in [9.17, 15) is 37.4 Å². The number of amides is 2. The van der Waals surface area contributed by atoms with Gasteiger partial charge in [-0.05, 0) is 29.5 Å². The van der Waals surface area contributed by atoms with Crippen LogP contribution in [0.3, 0.4) is 0 Å². The molecule has 2 aromatic carbocycles. The van der Waals surface area contributed by atoms with Gasteiger partial charge in [0.1, 0.15) is 0 Å². The van der Waals surface area contributed by atoms with Gasteiger partial charge in [-0.2, -0.15) is 13.2 Å². The van der Waals surface area contributed by atoms with E-state index in [1.807, 2.05) is 6.92 Å². The van der Waals surface area contributed by atoms with E-state index in [4.69, 9.17) is 0 Å². The molecule has 2 amide bonds. The Labute approximate surface area is 193 Å². The summed E-state index contributed by atoms with van der Waals surface area (Å²) < 4.78 is 52.6. The van der Waals surface area contributed by atoms with E-state index < -0.39 is 43.8 Å². The number of halogens is 3.